The molecule has 5 aliphatic rings. The van der Waals surface area contributed by atoms with E-state index in [9.17, 15) is 24.0 Å². The van der Waals surface area contributed by atoms with Crippen molar-refractivity contribution in [1.29, 1.82) is 0 Å². The quantitative estimate of drug-likeness (QED) is 0.372. The predicted octanol–water partition coefficient (Wildman–Crippen LogP) is 2.63. The number of aryl methyl sites for hydroxylation is 1. The van der Waals surface area contributed by atoms with Crippen molar-refractivity contribution in [2.24, 2.45) is 7.05 Å². The van der Waals surface area contributed by atoms with Crippen LogP contribution in [0.25, 0.3) is 0 Å². The van der Waals surface area contributed by atoms with Gasteiger partial charge in [0.2, 0.25) is 11.8 Å². The molecule has 4 atom stereocenters. The second-order valence-electron chi connectivity index (χ2n) is 13.7. The number of ether oxygens (including phenoxy) is 1. The lowest BCUT2D eigenvalue weighted by molar-refractivity contribution is -0.136. The first-order chi connectivity index (χ1) is 24.0. The molecule has 3 aromatic rings. The van der Waals surface area contributed by atoms with E-state index in [2.05, 4.69) is 53.2 Å². The number of rotatable bonds is 5. The molecule has 0 radical (unpaired) electrons. The van der Waals surface area contributed by atoms with Crippen LogP contribution in [0.5, 0.6) is 5.75 Å². The van der Waals surface area contributed by atoms with Gasteiger partial charge in [-0.2, -0.15) is 0 Å². The Hall–Kier alpha value is -4.76. The van der Waals surface area contributed by atoms with Crippen LogP contribution < -0.4 is 30.7 Å². The lowest BCUT2D eigenvalue weighted by Crippen LogP contribution is -2.59. The van der Waals surface area contributed by atoms with E-state index in [1.165, 1.54) is 4.57 Å². The van der Waals surface area contributed by atoms with Gasteiger partial charge in [-0.15, -0.1) is 0 Å². The van der Waals surface area contributed by atoms with Gasteiger partial charge in [-0.05, 0) is 72.4 Å². The van der Waals surface area contributed by atoms with Crippen molar-refractivity contribution in [3.05, 3.63) is 68.7 Å². The van der Waals surface area contributed by atoms with Crippen LogP contribution in [0.4, 0.5) is 22.9 Å². The van der Waals surface area contributed by atoms with Gasteiger partial charge in [0.1, 0.15) is 29.9 Å². The van der Waals surface area contributed by atoms with E-state index >= 15 is 0 Å². The Balaban J connectivity index is 0.906. The topological polar surface area (TPSA) is 149 Å². The highest BCUT2D eigenvalue weighted by Gasteiger charge is 2.46. The van der Waals surface area contributed by atoms with Crippen LogP contribution in [0.15, 0.2) is 52.0 Å². The summed E-state index contributed by atoms with van der Waals surface area (Å²) >= 11 is 3.44. The average molecular weight is 746 g/mol. The van der Waals surface area contributed by atoms with Gasteiger partial charge in [-0.3, -0.25) is 39.1 Å². The van der Waals surface area contributed by atoms with Crippen molar-refractivity contribution < 1.29 is 23.9 Å². The summed E-state index contributed by atoms with van der Waals surface area (Å²) < 4.78 is 8.52. The molecule has 8 rings (SSSR count). The number of piperazine rings is 1. The lowest BCUT2D eigenvalue weighted by Gasteiger charge is -2.50. The van der Waals surface area contributed by atoms with E-state index < -0.39 is 29.7 Å². The zero-order valence-electron chi connectivity index (χ0n) is 27.7. The average Bonchev–Trinajstić information content (AvgIpc) is 3.34. The van der Waals surface area contributed by atoms with E-state index in [4.69, 9.17) is 4.74 Å². The van der Waals surface area contributed by atoms with E-state index in [-0.39, 0.29) is 41.6 Å². The molecular formula is C35H37BrN8O6. The number of anilines is 4. The maximum atomic E-state index is 13.5. The van der Waals surface area contributed by atoms with Gasteiger partial charge in [0, 0.05) is 62.4 Å². The standard InChI is InChI=1S/C35H37BrN8O6/c1-19-16-41(9-10-42(19)22-3-5-30(37-15-22)38-26-11-20(36)17-40(2)35(26)49)21-7-8-43-23(12-21)18-50-29-14-25-24(13-28(29)43)33(47)44(34(25)48)27-4-6-31(45)39-32(27)46/h3,5,11,13-15,17,19,21,23,27H,4,6-10,12,16,18H2,1-2H3,(H,37,38)(H,39,45,46)/t19-,21+,23-,27?/m0/s1. The van der Waals surface area contributed by atoms with Gasteiger partial charge < -0.3 is 24.4 Å². The molecule has 0 bridgehead atoms. The number of nitrogens with zero attached hydrogens (tertiary/aromatic N) is 6. The predicted molar refractivity (Wildman–Crippen MR) is 188 cm³/mol. The fourth-order valence-corrected chi connectivity index (χ4v) is 8.61. The summed E-state index contributed by atoms with van der Waals surface area (Å²) in [7, 11) is 1.71. The number of amides is 4. The van der Waals surface area contributed by atoms with Gasteiger partial charge in [0.05, 0.1) is 34.7 Å². The number of hydrogen-bond acceptors (Lipinski definition) is 11. The number of imide groups is 2. The smallest absolute Gasteiger partial charge is 0.274 e. The number of aromatic nitrogens is 2. The van der Waals surface area contributed by atoms with Crippen molar-refractivity contribution in [1.82, 2.24) is 24.7 Å². The third kappa shape index (κ3) is 5.61. The first kappa shape index (κ1) is 32.4. The zero-order chi connectivity index (χ0) is 34.8. The number of carbonyl (C=O) groups excluding carboxylic acids is 4. The first-order valence-corrected chi connectivity index (χ1v) is 17.7. The minimum atomic E-state index is -1.00. The Morgan fingerprint density at radius 3 is 2.50 bits per heavy atom. The van der Waals surface area contributed by atoms with Gasteiger partial charge in [-0.1, -0.05) is 0 Å². The van der Waals surface area contributed by atoms with Crippen molar-refractivity contribution in [3.8, 4) is 5.75 Å². The summed E-state index contributed by atoms with van der Waals surface area (Å²) in [6.07, 6.45) is 5.63. The molecule has 3 saturated heterocycles. The number of nitrogens with one attached hydrogen (secondary N) is 2. The molecule has 260 valence electrons. The van der Waals surface area contributed by atoms with Crippen LogP contribution in [0.1, 0.15) is 53.3 Å². The molecule has 5 aliphatic heterocycles. The van der Waals surface area contributed by atoms with Gasteiger partial charge in [-0.25, -0.2) is 4.98 Å². The number of benzene rings is 1. The minimum absolute atomic E-state index is 0.0772. The molecule has 14 nitrogen and oxygen atoms in total. The summed E-state index contributed by atoms with van der Waals surface area (Å²) in [6, 6.07) is 8.83. The number of pyridine rings is 2. The van der Waals surface area contributed by atoms with Crippen LogP contribution >= 0.6 is 15.9 Å². The van der Waals surface area contributed by atoms with Gasteiger partial charge in [0.15, 0.2) is 0 Å². The highest BCUT2D eigenvalue weighted by atomic mass is 79.9. The van der Waals surface area contributed by atoms with Crippen LogP contribution in [0.2, 0.25) is 0 Å². The number of carbonyl (C=O) groups is 4. The Kier molecular flexibility index (Phi) is 8.13. The summed E-state index contributed by atoms with van der Waals surface area (Å²) in [4.78, 5) is 76.3. The SMILES string of the molecule is C[C@H]1CN([C@@H]2CCN3c4cc5c(cc4OC[C@@H]3C2)C(=O)N(C2CCC(=O)NC2=O)C5=O)CCN1c1ccc(Nc2cc(Br)cn(C)c2=O)nc1. The number of halogens is 1. The Labute approximate surface area is 296 Å². The van der Waals surface area contributed by atoms with Crippen LogP contribution in [-0.2, 0) is 16.6 Å². The van der Waals surface area contributed by atoms with E-state index in [0.29, 0.717) is 29.9 Å². The Morgan fingerprint density at radius 2 is 1.76 bits per heavy atom. The lowest BCUT2D eigenvalue weighted by atomic mass is 9.92. The van der Waals surface area contributed by atoms with E-state index in [1.807, 2.05) is 18.3 Å². The number of hydrogen-bond donors (Lipinski definition) is 2. The van der Waals surface area contributed by atoms with Crippen LogP contribution in [-0.4, -0.2) is 99.9 Å². The molecular weight excluding hydrogens is 708 g/mol. The molecule has 0 spiro atoms. The molecule has 2 N–H and O–H groups in total. The molecule has 1 aromatic carbocycles. The van der Waals surface area contributed by atoms with Gasteiger partial charge >= 0.3 is 0 Å². The fraction of sp³-hybridized carbons (Fsp3) is 0.429. The van der Waals surface area contributed by atoms with Crippen LogP contribution in [0.3, 0.4) is 0 Å². The maximum Gasteiger partial charge on any atom is 0.274 e. The zero-order valence-corrected chi connectivity index (χ0v) is 29.3. The van der Waals surface area contributed by atoms with E-state index in [1.54, 1.807) is 31.4 Å². The molecule has 1 unspecified atom stereocenters. The largest absolute Gasteiger partial charge is 0.489 e. The third-order valence-corrected chi connectivity index (χ3v) is 11.0. The second-order valence-corrected chi connectivity index (χ2v) is 14.6. The van der Waals surface area contributed by atoms with Crippen molar-refractivity contribution in [2.45, 2.75) is 56.8 Å². The highest BCUT2D eigenvalue weighted by Crippen LogP contribution is 2.42. The molecule has 4 amide bonds. The Bertz CT molecular complexity index is 1980. The van der Waals surface area contributed by atoms with E-state index in [0.717, 1.165) is 59.8 Å². The maximum absolute atomic E-state index is 13.5. The third-order valence-electron chi connectivity index (χ3n) is 10.6. The number of piperidine rings is 2. The molecule has 50 heavy (non-hydrogen) atoms. The molecule has 3 fully saturated rings. The molecule has 0 aliphatic carbocycles. The van der Waals surface area contributed by atoms with Crippen molar-refractivity contribution in [3.63, 3.8) is 0 Å². The molecule has 2 aromatic heterocycles. The minimum Gasteiger partial charge on any atom is -0.489 e. The normalized spacial score (nSPS) is 25.1. The summed E-state index contributed by atoms with van der Waals surface area (Å²) in [5, 5.41) is 5.38. The Morgan fingerprint density at radius 1 is 0.960 bits per heavy atom. The highest BCUT2D eigenvalue weighted by molar-refractivity contribution is 9.10. The molecule has 7 heterocycles. The monoisotopic (exact) mass is 744 g/mol. The van der Waals surface area contributed by atoms with Crippen LogP contribution in [0, 0.1) is 0 Å². The number of fused-ring (bicyclic) bond motifs is 4. The van der Waals surface area contributed by atoms with Crippen molar-refractivity contribution >= 4 is 62.4 Å². The molecule has 15 heteroatoms. The second kappa shape index (κ2) is 12.5. The summed E-state index contributed by atoms with van der Waals surface area (Å²) in [5.41, 5.74) is 2.65. The fourth-order valence-electron chi connectivity index (χ4n) is 8.08. The summed E-state index contributed by atoms with van der Waals surface area (Å²) in [6.45, 7) is 6.18. The van der Waals surface area contributed by atoms with Gasteiger partial charge in [0.25, 0.3) is 17.4 Å². The first-order valence-electron chi connectivity index (χ1n) is 16.9. The molecule has 0 saturated carbocycles. The summed E-state index contributed by atoms with van der Waals surface area (Å²) in [5.74, 6) is -0.894. The van der Waals surface area contributed by atoms with Crippen molar-refractivity contribution in [2.75, 3.05) is 47.9 Å².